The number of hydrogen-bond acceptors (Lipinski definition) is 5. The highest BCUT2D eigenvalue weighted by Crippen LogP contribution is 2.33. The second kappa shape index (κ2) is 7.66. The van der Waals surface area contributed by atoms with E-state index in [0.29, 0.717) is 37.4 Å². The lowest BCUT2D eigenvalue weighted by molar-refractivity contribution is -0.127. The van der Waals surface area contributed by atoms with Crippen molar-refractivity contribution in [3.63, 3.8) is 0 Å². The van der Waals surface area contributed by atoms with E-state index in [1.54, 1.807) is 11.1 Å². The standard InChI is InChI=1S/C21H27N3O4/c1-20(2,3)28-19(26)24-10-8-21(4,9-11-24)18(25)23-16-7-5-6-15(12-16)17-13-22-14-27-17/h5-7,12-14H,8-11H2,1-4H3,(H,23,25). The number of nitrogens with zero attached hydrogens (tertiary/aromatic N) is 2. The van der Waals surface area contributed by atoms with Crippen LogP contribution in [-0.4, -0.2) is 40.6 Å². The van der Waals surface area contributed by atoms with E-state index in [4.69, 9.17) is 9.15 Å². The van der Waals surface area contributed by atoms with Crippen LogP contribution in [0, 0.1) is 5.41 Å². The molecule has 0 saturated carbocycles. The zero-order chi connectivity index (χ0) is 20.4. The molecule has 0 bridgehead atoms. The largest absolute Gasteiger partial charge is 0.444 e. The van der Waals surface area contributed by atoms with E-state index < -0.39 is 11.0 Å². The summed E-state index contributed by atoms with van der Waals surface area (Å²) in [6, 6.07) is 7.46. The number of rotatable bonds is 3. The van der Waals surface area contributed by atoms with Gasteiger partial charge < -0.3 is 19.4 Å². The minimum atomic E-state index is -0.541. The average Bonchev–Trinajstić information content (AvgIpc) is 3.16. The van der Waals surface area contributed by atoms with Gasteiger partial charge in [0.15, 0.2) is 12.2 Å². The fourth-order valence-corrected chi connectivity index (χ4v) is 3.13. The molecule has 2 aromatic rings. The van der Waals surface area contributed by atoms with Gasteiger partial charge in [-0.15, -0.1) is 0 Å². The number of hydrogen-bond donors (Lipinski definition) is 1. The molecular formula is C21H27N3O4. The predicted octanol–water partition coefficient (Wildman–Crippen LogP) is 4.32. The number of oxazole rings is 1. The molecule has 2 amide bonds. The van der Waals surface area contributed by atoms with Crippen LogP contribution in [0.5, 0.6) is 0 Å². The zero-order valence-corrected chi connectivity index (χ0v) is 16.8. The SMILES string of the molecule is CC(C)(C)OC(=O)N1CCC(C)(C(=O)Nc2cccc(-c3cnco3)c2)CC1. The molecule has 1 N–H and O–H groups in total. The van der Waals surface area contributed by atoms with Gasteiger partial charge in [-0.25, -0.2) is 9.78 Å². The Balaban J connectivity index is 1.61. The van der Waals surface area contributed by atoms with Gasteiger partial charge in [-0.05, 0) is 45.7 Å². The number of nitrogens with one attached hydrogen (secondary N) is 1. The lowest BCUT2D eigenvalue weighted by Crippen LogP contribution is -2.48. The monoisotopic (exact) mass is 385 g/mol. The summed E-state index contributed by atoms with van der Waals surface area (Å²) in [5.74, 6) is 0.596. The van der Waals surface area contributed by atoms with Gasteiger partial charge in [0.2, 0.25) is 5.91 Å². The highest BCUT2D eigenvalue weighted by Gasteiger charge is 2.39. The van der Waals surface area contributed by atoms with Crippen molar-refractivity contribution >= 4 is 17.7 Å². The van der Waals surface area contributed by atoms with Crippen molar-refractivity contribution in [2.24, 2.45) is 5.41 Å². The molecule has 7 heteroatoms. The molecule has 28 heavy (non-hydrogen) atoms. The summed E-state index contributed by atoms with van der Waals surface area (Å²) in [5.41, 5.74) is 0.486. The maximum atomic E-state index is 12.9. The Hall–Kier alpha value is -2.83. The van der Waals surface area contributed by atoms with Gasteiger partial charge in [-0.1, -0.05) is 19.1 Å². The van der Waals surface area contributed by atoms with Crippen LogP contribution >= 0.6 is 0 Å². The van der Waals surface area contributed by atoms with Gasteiger partial charge in [0, 0.05) is 24.3 Å². The summed E-state index contributed by atoms with van der Waals surface area (Å²) < 4.78 is 10.7. The molecule has 0 spiro atoms. The summed E-state index contributed by atoms with van der Waals surface area (Å²) in [7, 11) is 0. The fourth-order valence-electron chi connectivity index (χ4n) is 3.13. The smallest absolute Gasteiger partial charge is 0.410 e. The first kappa shape index (κ1) is 19.9. The topological polar surface area (TPSA) is 84.7 Å². The summed E-state index contributed by atoms with van der Waals surface area (Å²) >= 11 is 0. The van der Waals surface area contributed by atoms with Crippen LogP contribution in [0.25, 0.3) is 11.3 Å². The van der Waals surface area contributed by atoms with Crippen LogP contribution in [-0.2, 0) is 9.53 Å². The molecule has 1 saturated heterocycles. The number of likely N-dealkylation sites (tertiary alicyclic amines) is 1. The molecule has 0 atom stereocenters. The number of piperidine rings is 1. The average molecular weight is 385 g/mol. The van der Waals surface area contributed by atoms with Gasteiger partial charge in [-0.2, -0.15) is 0 Å². The number of aromatic nitrogens is 1. The number of anilines is 1. The first-order chi connectivity index (χ1) is 13.2. The van der Waals surface area contributed by atoms with Crippen LogP contribution < -0.4 is 5.32 Å². The van der Waals surface area contributed by atoms with Crippen molar-refractivity contribution in [3.05, 3.63) is 36.9 Å². The van der Waals surface area contributed by atoms with Crippen LogP contribution in [0.1, 0.15) is 40.5 Å². The van der Waals surface area contributed by atoms with E-state index in [1.807, 2.05) is 52.0 Å². The number of benzene rings is 1. The van der Waals surface area contributed by atoms with Gasteiger partial charge >= 0.3 is 6.09 Å². The number of ether oxygens (including phenoxy) is 1. The van der Waals surface area contributed by atoms with Gasteiger partial charge in [-0.3, -0.25) is 4.79 Å². The van der Waals surface area contributed by atoms with Gasteiger partial charge in [0.25, 0.3) is 0 Å². The first-order valence-corrected chi connectivity index (χ1v) is 9.45. The van der Waals surface area contributed by atoms with Crippen molar-refractivity contribution in [1.29, 1.82) is 0 Å². The van der Waals surface area contributed by atoms with Gasteiger partial charge in [0.1, 0.15) is 5.60 Å². The molecule has 3 rings (SSSR count). The van der Waals surface area contributed by atoms with Crippen LogP contribution in [0.4, 0.5) is 10.5 Å². The third-order valence-corrected chi connectivity index (χ3v) is 4.90. The first-order valence-electron chi connectivity index (χ1n) is 9.45. The van der Waals surface area contributed by atoms with E-state index in [9.17, 15) is 9.59 Å². The molecule has 1 aromatic carbocycles. The van der Waals surface area contributed by atoms with E-state index in [1.165, 1.54) is 6.39 Å². The minimum absolute atomic E-state index is 0.0499. The molecule has 1 fully saturated rings. The molecule has 2 heterocycles. The Morgan fingerprint density at radius 2 is 1.96 bits per heavy atom. The van der Waals surface area contributed by atoms with Crippen LogP contribution in [0.3, 0.4) is 0 Å². The van der Waals surface area contributed by atoms with E-state index in [0.717, 1.165) is 5.56 Å². The molecule has 150 valence electrons. The maximum absolute atomic E-state index is 12.9. The van der Waals surface area contributed by atoms with Crippen molar-refractivity contribution in [2.45, 2.75) is 46.1 Å². The third kappa shape index (κ3) is 4.71. The summed E-state index contributed by atoms with van der Waals surface area (Å²) in [6.45, 7) is 8.47. The van der Waals surface area contributed by atoms with Crippen molar-refractivity contribution < 1.29 is 18.7 Å². The lowest BCUT2D eigenvalue weighted by atomic mass is 9.79. The second-order valence-electron chi connectivity index (χ2n) is 8.43. The summed E-state index contributed by atoms with van der Waals surface area (Å²) in [6.07, 6.45) is 3.85. The minimum Gasteiger partial charge on any atom is -0.444 e. The summed E-state index contributed by atoms with van der Waals surface area (Å²) in [4.78, 5) is 30.7. The van der Waals surface area contributed by atoms with Gasteiger partial charge in [0.05, 0.1) is 11.6 Å². The number of amides is 2. The van der Waals surface area contributed by atoms with E-state index in [-0.39, 0.29) is 12.0 Å². The Bertz CT molecular complexity index is 832. The third-order valence-electron chi connectivity index (χ3n) is 4.90. The molecule has 0 aliphatic carbocycles. The Morgan fingerprint density at radius 1 is 1.25 bits per heavy atom. The highest BCUT2D eigenvalue weighted by atomic mass is 16.6. The highest BCUT2D eigenvalue weighted by molar-refractivity contribution is 5.95. The van der Waals surface area contributed by atoms with Crippen LogP contribution in [0.15, 0.2) is 41.3 Å². The van der Waals surface area contributed by atoms with Crippen LogP contribution in [0.2, 0.25) is 0 Å². The van der Waals surface area contributed by atoms with E-state index in [2.05, 4.69) is 10.3 Å². The molecule has 1 aliphatic heterocycles. The Morgan fingerprint density at radius 3 is 2.57 bits per heavy atom. The quantitative estimate of drug-likeness (QED) is 0.851. The summed E-state index contributed by atoms with van der Waals surface area (Å²) in [5, 5.41) is 3.00. The maximum Gasteiger partial charge on any atom is 0.410 e. The molecular weight excluding hydrogens is 358 g/mol. The predicted molar refractivity (Wildman–Crippen MR) is 106 cm³/mol. The molecule has 0 unspecified atom stereocenters. The molecule has 0 radical (unpaired) electrons. The van der Waals surface area contributed by atoms with Crippen molar-refractivity contribution in [1.82, 2.24) is 9.88 Å². The fraction of sp³-hybridized carbons (Fsp3) is 0.476. The Kier molecular flexibility index (Phi) is 5.45. The lowest BCUT2D eigenvalue weighted by Gasteiger charge is -2.38. The number of carbonyl (C=O) groups is 2. The molecule has 1 aliphatic rings. The number of carbonyl (C=O) groups excluding carboxylic acids is 2. The normalized spacial score (nSPS) is 16.5. The molecule has 1 aromatic heterocycles. The van der Waals surface area contributed by atoms with Crippen molar-refractivity contribution in [3.8, 4) is 11.3 Å². The zero-order valence-electron chi connectivity index (χ0n) is 16.8. The van der Waals surface area contributed by atoms with Crippen molar-refractivity contribution in [2.75, 3.05) is 18.4 Å². The molecule has 7 nitrogen and oxygen atoms in total. The van der Waals surface area contributed by atoms with E-state index >= 15 is 0 Å². The second-order valence-corrected chi connectivity index (χ2v) is 8.43. The Labute approximate surface area is 165 Å².